The first-order chi connectivity index (χ1) is 6.40. The number of hydrogen-bond donors (Lipinski definition) is 2. The van der Waals surface area contributed by atoms with Crippen molar-refractivity contribution in [1.82, 2.24) is 15.2 Å². The number of aromatic amines is 1. The van der Waals surface area contributed by atoms with Crippen LogP contribution in [0.1, 0.15) is 5.82 Å². The zero-order valence-corrected chi connectivity index (χ0v) is 7.54. The SMILES string of the molecule is NOCc1nc(-c2cccs2)n[nH]1. The van der Waals surface area contributed by atoms with Crippen LogP contribution in [0.2, 0.25) is 0 Å². The lowest BCUT2D eigenvalue weighted by molar-refractivity contribution is 0.118. The predicted octanol–water partition coefficient (Wildman–Crippen LogP) is 0.923. The summed E-state index contributed by atoms with van der Waals surface area (Å²) in [6.45, 7) is 0.248. The van der Waals surface area contributed by atoms with E-state index in [1.54, 1.807) is 11.3 Å². The van der Waals surface area contributed by atoms with Gasteiger partial charge in [-0.15, -0.1) is 11.3 Å². The Labute approximate surface area is 78.5 Å². The maximum Gasteiger partial charge on any atom is 0.191 e. The van der Waals surface area contributed by atoms with Gasteiger partial charge in [-0.3, -0.25) is 9.94 Å². The first-order valence-corrected chi connectivity index (χ1v) is 4.55. The Bertz CT molecular complexity index is 370. The second-order valence-corrected chi connectivity index (χ2v) is 3.34. The van der Waals surface area contributed by atoms with Crippen molar-refractivity contribution in [2.24, 2.45) is 5.90 Å². The van der Waals surface area contributed by atoms with Gasteiger partial charge in [-0.25, -0.2) is 10.9 Å². The Morgan fingerprint density at radius 3 is 3.23 bits per heavy atom. The quantitative estimate of drug-likeness (QED) is 0.716. The molecule has 0 saturated heterocycles. The van der Waals surface area contributed by atoms with Crippen molar-refractivity contribution in [2.45, 2.75) is 6.61 Å². The van der Waals surface area contributed by atoms with Gasteiger partial charge in [-0.05, 0) is 11.4 Å². The Morgan fingerprint density at radius 2 is 2.54 bits per heavy atom. The predicted molar refractivity (Wildman–Crippen MR) is 48.7 cm³/mol. The van der Waals surface area contributed by atoms with Crippen LogP contribution >= 0.6 is 11.3 Å². The fourth-order valence-corrected chi connectivity index (χ4v) is 1.61. The third-order valence-corrected chi connectivity index (χ3v) is 2.36. The largest absolute Gasteiger partial charge is 0.297 e. The Morgan fingerprint density at radius 1 is 1.62 bits per heavy atom. The van der Waals surface area contributed by atoms with Crippen molar-refractivity contribution in [3.8, 4) is 10.7 Å². The van der Waals surface area contributed by atoms with Gasteiger partial charge >= 0.3 is 0 Å². The fourth-order valence-electron chi connectivity index (χ4n) is 0.955. The van der Waals surface area contributed by atoms with Gasteiger partial charge in [0.2, 0.25) is 0 Å². The summed E-state index contributed by atoms with van der Waals surface area (Å²) in [6.07, 6.45) is 0. The first kappa shape index (κ1) is 8.36. The van der Waals surface area contributed by atoms with Gasteiger partial charge in [0.25, 0.3) is 0 Å². The molecule has 0 spiro atoms. The maximum absolute atomic E-state index is 4.90. The molecule has 0 aliphatic rings. The van der Waals surface area contributed by atoms with Crippen molar-refractivity contribution in [2.75, 3.05) is 0 Å². The third kappa shape index (κ3) is 1.74. The Hall–Kier alpha value is -1.24. The highest BCUT2D eigenvalue weighted by atomic mass is 32.1. The topological polar surface area (TPSA) is 76.8 Å². The van der Waals surface area contributed by atoms with E-state index < -0.39 is 0 Å². The molecule has 13 heavy (non-hydrogen) atoms. The van der Waals surface area contributed by atoms with Crippen LogP contribution in [0.5, 0.6) is 0 Å². The van der Waals surface area contributed by atoms with E-state index in [0.29, 0.717) is 11.6 Å². The van der Waals surface area contributed by atoms with E-state index in [9.17, 15) is 0 Å². The van der Waals surface area contributed by atoms with Gasteiger partial charge in [-0.2, -0.15) is 5.10 Å². The van der Waals surface area contributed by atoms with Crippen LogP contribution in [0.4, 0.5) is 0 Å². The van der Waals surface area contributed by atoms with E-state index >= 15 is 0 Å². The number of rotatable bonds is 3. The molecule has 2 rings (SSSR count). The minimum atomic E-state index is 0.248. The maximum atomic E-state index is 4.90. The van der Waals surface area contributed by atoms with Gasteiger partial charge in [0.1, 0.15) is 6.61 Å². The second-order valence-electron chi connectivity index (χ2n) is 2.39. The summed E-state index contributed by atoms with van der Waals surface area (Å²) in [5.74, 6) is 6.22. The van der Waals surface area contributed by atoms with Crippen LogP contribution in [0.3, 0.4) is 0 Å². The zero-order chi connectivity index (χ0) is 9.10. The molecule has 0 aliphatic heterocycles. The molecule has 0 unspecified atom stereocenters. The summed E-state index contributed by atoms with van der Waals surface area (Å²) in [4.78, 5) is 9.64. The summed E-state index contributed by atoms with van der Waals surface area (Å²) in [7, 11) is 0. The molecule has 5 nitrogen and oxygen atoms in total. The summed E-state index contributed by atoms with van der Waals surface area (Å²) in [5.41, 5.74) is 0. The lowest BCUT2D eigenvalue weighted by Gasteiger charge is -1.88. The molecule has 2 aromatic rings. The molecule has 0 aromatic carbocycles. The van der Waals surface area contributed by atoms with Crippen LogP contribution in [-0.2, 0) is 11.4 Å². The van der Waals surface area contributed by atoms with Crippen LogP contribution in [-0.4, -0.2) is 15.2 Å². The third-order valence-electron chi connectivity index (χ3n) is 1.49. The van der Waals surface area contributed by atoms with Crippen LogP contribution < -0.4 is 5.90 Å². The minimum Gasteiger partial charge on any atom is -0.297 e. The average Bonchev–Trinajstić information content (AvgIpc) is 2.70. The highest BCUT2D eigenvalue weighted by Crippen LogP contribution is 2.20. The van der Waals surface area contributed by atoms with E-state index in [0.717, 1.165) is 4.88 Å². The molecule has 2 aromatic heterocycles. The summed E-state index contributed by atoms with van der Waals surface area (Å²) in [6, 6.07) is 3.91. The van der Waals surface area contributed by atoms with E-state index in [-0.39, 0.29) is 6.61 Å². The van der Waals surface area contributed by atoms with Gasteiger partial charge in [0.05, 0.1) is 4.88 Å². The summed E-state index contributed by atoms with van der Waals surface area (Å²) < 4.78 is 0. The molecule has 0 aliphatic carbocycles. The fraction of sp³-hybridized carbons (Fsp3) is 0.143. The number of nitrogens with zero attached hydrogens (tertiary/aromatic N) is 2. The molecule has 68 valence electrons. The van der Waals surface area contributed by atoms with Crippen LogP contribution in [0.15, 0.2) is 17.5 Å². The van der Waals surface area contributed by atoms with Crippen molar-refractivity contribution in [3.05, 3.63) is 23.3 Å². The van der Waals surface area contributed by atoms with Gasteiger partial charge < -0.3 is 0 Å². The van der Waals surface area contributed by atoms with Gasteiger partial charge in [-0.1, -0.05) is 6.07 Å². The molecule has 0 amide bonds. The second kappa shape index (κ2) is 3.65. The van der Waals surface area contributed by atoms with Crippen LogP contribution in [0.25, 0.3) is 10.7 Å². The Kier molecular flexibility index (Phi) is 2.35. The number of nitrogens with one attached hydrogen (secondary N) is 1. The van der Waals surface area contributed by atoms with Crippen molar-refractivity contribution in [1.29, 1.82) is 0 Å². The number of aromatic nitrogens is 3. The molecule has 2 heterocycles. The molecule has 0 fully saturated rings. The minimum absolute atomic E-state index is 0.248. The standard InChI is InChI=1S/C7H8N4OS/c8-12-4-6-9-7(11-10-6)5-2-1-3-13-5/h1-3H,4,8H2,(H,9,10,11). The highest BCUT2D eigenvalue weighted by Gasteiger charge is 2.05. The lowest BCUT2D eigenvalue weighted by atomic mass is 10.4. The number of hydrogen-bond acceptors (Lipinski definition) is 5. The molecular weight excluding hydrogens is 188 g/mol. The Balaban J connectivity index is 2.23. The van der Waals surface area contributed by atoms with E-state index in [1.807, 2.05) is 17.5 Å². The smallest absolute Gasteiger partial charge is 0.191 e. The normalized spacial score (nSPS) is 10.5. The number of nitrogens with two attached hydrogens (primary N) is 1. The molecule has 3 N–H and O–H groups in total. The van der Waals surface area contributed by atoms with Gasteiger partial charge in [0, 0.05) is 0 Å². The number of H-pyrrole nitrogens is 1. The molecular formula is C7H8N4OS. The molecule has 0 atom stereocenters. The van der Waals surface area contributed by atoms with Crippen molar-refractivity contribution >= 4 is 11.3 Å². The van der Waals surface area contributed by atoms with Gasteiger partial charge in [0.15, 0.2) is 11.6 Å². The monoisotopic (exact) mass is 196 g/mol. The molecule has 0 saturated carbocycles. The molecule has 6 heteroatoms. The molecule has 0 bridgehead atoms. The summed E-state index contributed by atoms with van der Waals surface area (Å²) >= 11 is 1.59. The molecule has 0 radical (unpaired) electrons. The highest BCUT2D eigenvalue weighted by molar-refractivity contribution is 7.13. The lowest BCUT2D eigenvalue weighted by Crippen LogP contribution is -2.00. The van der Waals surface area contributed by atoms with E-state index in [2.05, 4.69) is 20.0 Å². The number of thiophene rings is 1. The van der Waals surface area contributed by atoms with Crippen molar-refractivity contribution in [3.63, 3.8) is 0 Å². The van der Waals surface area contributed by atoms with Crippen LogP contribution in [0, 0.1) is 0 Å². The zero-order valence-electron chi connectivity index (χ0n) is 6.73. The van der Waals surface area contributed by atoms with Crippen molar-refractivity contribution < 1.29 is 4.84 Å². The first-order valence-electron chi connectivity index (χ1n) is 3.67. The average molecular weight is 196 g/mol. The summed E-state index contributed by atoms with van der Waals surface area (Å²) in [5, 5.41) is 8.73. The van der Waals surface area contributed by atoms with E-state index in [1.165, 1.54) is 0 Å². The van der Waals surface area contributed by atoms with E-state index in [4.69, 9.17) is 5.90 Å².